The first-order valence-electron chi connectivity index (χ1n) is 8.24. The lowest BCUT2D eigenvalue weighted by Crippen LogP contribution is -2.28. The highest BCUT2D eigenvalue weighted by Crippen LogP contribution is 2.22. The predicted octanol–water partition coefficient (Wildman–Crippen LogP) is 5.71. The van der Waals surface area contributed by atoms with Gasteiger partial charge in [0, 0.05) is 22.1 Å². The highest BCUT2D eigenvalue weighted by molar-refractivity contribution is 7.99. The first kappa shape index (κ1) is 18.9. The van der Waals surface area contributed by atoms with E-state index in [4.69, 9.17) is 11.6 Å². The zero-order valence-corrected chi connectivity index (χ0v) is 16.0. The van der Waals surface area contributed by atoms with E-state index in [0.717, 1.165) is 22.1 Å². The fourth-order valence-electron chi connectivity index (χ4n) is 2.46. The molecule has 1 amide bonds. The van der Waals surface area contributed by atoms with Crippen molar-refractivity contribution in [2.24, 2.45) is 0 Å². The van der Waals surface area contributed by atoms with Crippen molar-refractivity contribution in [1.82, 2.24) is 5.32 Å². The van der Waals surface area contributed by atoms with Crippen molar-refractivity contribution in [2.75, 3.05) is 5.75 Å². The maximum atomic E-state index is 12.2. The smallest absolute Gasteiger partial charge is 0.221 e. The van der Waals surface area contributed by atoms with Crippen LogP contribution in [0.4, 0.5) is 0 Å². The van der Waals surface area contributed by atoms with Gasteiger partial charge in [-0.25, -0.2) is 0 Å². The summed E-state index contributed by atoms with van der Waals surface area (Å²) >= 11 is 7.55. The maximum absolute atomic E-state index is 12.2. The van der Waals surface area contributed by atoms with Crippen LogP contribution >= 0.6 is 23.4 Å². The number of rotatable bonds is 7. The van der Waals surface area contributed by atoms with Gasteiger partial charge in [-0.05, 0) is 61.2 Å². The van der Waals surface area contributed by atoms with E-state index in [9.17, 15) is 4.79 Å². The van der Waals surface area contributed by atoms with Gasteiger partial charge in [0.2, 0.25) is 5.91 Å². The third-order valence-corrected chi connectivity index (χ3v) is 5.35. The predicted molar refractivity (Wildman–Crippen MR) is 104 cm³/mol. The first-order valence-corrected chi connectivity index (χ1v) is 9.61. The summed E-state index contributed by atoms with van der Waals surface area (Å²) in [5.41, 5.74) is 3.72. The van der Waals surface area contributed by atoms with Gasteiger partial charge in [-0.15, -0.1) is 11.8 Å². The minimum absolute atomic E-state index is 0.0809. The third kappa shape index (κ3) is 5.57. The molecule has 2 rings (SSSR count). The van der Waals surface area contributed by atoms with Crippen LogP contribution in [0.3, 0.4) is 0 Å². The van der Waals surface area contributed by atoms with Gasteiger partial charge in [-0.2, -0.15) is 0 Å². The highest BCUT2D eigenvalue weighted by atomic mass is 35.5. The minimum Gasteiger partial charge on any atom is -0.349 e. The molecule has 0 aromatic heterocycles. The fourth-order valence-corrected chi connectivity index (χ4v) is 3.44. The summed E-state index contributed by atoms with van der Waals surface area (Å²) in [7, 11) is 0. The molecule has 0 saturated carbocycles. The molecule has 1 N–H and O–H groups in total. The molecular formula is C20H24ClNOS. The van der Waals surface area contributed by atoms with Crippen LogP contribution in [0.2, 0.25) is 5.02 Å². The van der Waals surface area contributed by atoms with E-state index in [1.807, 2.05) is 24.3 Å². The molecule has 0 fully saturated rings. The Morgan fingerprint density at radius 3 is 2.46 bits per heavy atom. The maximum Gasteiger partial charge on any atom is 0.221 e. The van der Waals surface area contributed by atoms with Crippen molar-refractivity contribution >= 4 is 29.3 Å². The van der Waals surface area contributed by atoms with E-state index >= 15 is 0 Å². The Hall–Kier alpha value is -1.45. The monoisotopic (exact) mass is 361 g/mol. The molecule has 0 spiro atoms. The molecule has 4 heteroatoms. The van der Waals surface area contributed by atoms with E-state index < -0.39 is 0 Å². The molecule has 0 heterocycles. The molecule has 128 valence electrons. The van der Waals surface area contributed by atoms with Crippen molar-refractivity contribution in [2.45, 2.75) is 44.6 Å². The van der Waals surface area contributed by atoms with Crippen LogP contribution in [0.15, 0.2) is 47.4 Å². The number of hydrogen-bond donors (Lipinski definition) is 1. The van der Waals surface area contributed by atoms with Crippen molar-refractivity contribution in [3.8, 4) is 0 Å². The van der Waals surface area contributed by atoms with Gasteiger partial charge in [-0.3, -0.25) is 4.79 Å². The second-order valence-electron chi connectivity index (χ2n) is 5.92. The summed E-state index contributed by atoms with van der Waals surface area (Å²) < 4.78 is 0. The van der Waals surface area contributed by atoms with Crippen molar-refractivity contribution in [1.29, 1.82) is 0 Å². The average Bonchev–Trinajstić information content (AvgIpc) is 2.57. The summed E-state index contributed by atoms with van der Waals surface area (Å²) in [5, 5.41) is 3.88. The normalized spacial score (nSPS) is 12.0. The number of halogens is 1. The first-order chi connectivity index (χ1) is 11.5. The lowest BCUT2D eigenvalue weighted by atomic mass is 9.99. The molecule has 0 radical (unpaired) electrons. The summed E-state index contributed by atoms with van der Waals surface area (Å²) in [4.78, 5) is 13.4. The summed E-state index contributed by atoms with van der Waals surface area (Å²) in [6.07, 6.45) is 1.40. The Labute approximate surface area is 154 Å². The van der Waals surface area contributed by atoms with E-state index in [1.165, 1.54) is 16.7 Å². The molecule has 2 nitrogen and oxygen atoms in total. The van der Waals surface area contributed by atoms with Gasteiger partial charge in [0.25, 0.3) is 0 Å². The van der Waals surface area contributed by atoms with Gasteiger partial charge in [0.15, 0.2) is 0 Å². The average molecular weight is 362 g/mol. The van der Waals surface area contributed by atoms with E-state index in [-0.39, 0.29) is 11.9 Å². The molecule has 0 bridgehead atoms. The van der Waals surface area contributed by atoms with E-state index in [2.05, 4.69) is 44.3 Å². The molecule has 0 saturated heterocycles. The number of carbonyl (C=O) groups excluding carboxylic acids is 1. The number of carbonyl (C=O) groups is 1. The lowest BCUT2D eigenvalue weighted by Gasteiger charge is -2.18. The van der Waals surface area contributed by atoms with Gasteiger partial charge in [0.05, 0.1) is 6.04 Å². The molecule has 0 unspecified atom stereocenters. The minimum atomic E-state index is 0.0809. The van der Waals surface area contributed by atoms with Gasteiger partial charge >= 0.3 is 0 Å². The third-order valence-electron chi connectivity index (χ3n) is 4.09. The van der Waals surface area contributed by atoms with E-state index in [0.29, 0.717) is 6.42 Å². The quantitative estimate of drug-likeness (QED) is 0.640. The van der Waals surface area contributed by atoms with Crippen molar-refractivity contribution < 1.29 is 4.79 Å². The molecule has 2 aromatic rings. The molecule has 24 heavy (non-hydrogen) atoms. The van der Waals surface area contributed by atoms with Gasteiger partial charge < -0.3 is 5.32 Å². The van der Waals surface area contributed by atoms with Crippen LogP contribution in [-0.4, -0.2) is 11.7 Å². The van der Waals surface area contributed by atoms with Crippen LogP contribution in [0.1, 0.15) is 42.5 Å². The summed E-state index contributed by atoms with van der Waals surface area (Å²) in [6, 6.07) is 14.2. The van der Waals surface area contributed by atoms with Crippen LogP contribution < -0.4 is 5.32 Å². The Bertz CT molecular complexity index is 685. The van der Waals surface area contributed by atoms with Gasteiger partial charge in [-0.1, -0.05) is 36.7 Å². The molecule has 1 atom stereocenters. The van der Waals surface area contributed by atoms with E-state index in [1.54, 1.807) is 11.8 Å². The van der Waals surface area contributed by atoms with Crippen LogP contribution in [0.25, 0.3) is 0 Å². The largest absolute Gasteiger partial charge is 0.349 e. The fraction of sp³-hybridized carbons (Fsp3) is 0.350. The number of hydrogen-bond acceptors (Lipinski definition) is 2. The van der Waals surface area contributed by atoms with Crippen LogP contribution in [-0.2, 0) is 4.79 Å². The Morgan fingerprint density at radius 1 is 1.12 bits per heavy atom. The van der Waals surface area contributed by atoms with Crippen molar-refractivity contribution in [3.05, 3.63) is 64.2 Å². The van der Waals surface area contributed by atoms with Crippen molar-refractivity contribution in [3.63, 3.8) is 0 Å². The summed E-state index contributed by atoms with van der Waals surface area (Å²) in [5.74, 6) is 0.859. The number of thioether (sulfide) groups is 1. The standard InChI is InChI=1S/C20H24ClNOS/c1-4-19(16-6-5-14(2)15(3)13-16)22-20(23)11-12-24-18-9-7-17(21)8-10-18/h5-10,13,19H,4,11-12H2,1-3H3,(H,22,23)/t19-/m0/s1. The number of nitrogens with one attached hydrogen (secondary N) is 1. The topological polar surface area (TPSA) is 29.1 Å². The Kier molecular flexibility index (Phi) is 7.19. The number of aryl methyl sites for hydroxylation is 2. The van der Waals surface area contributed by atoms with Gasteiger partial charge in [0.1, 0.15) is 0 Å². The Morgan fingerprint density at radius 2 is 1.83 bits per heavy atom. The lowest BCUT2D eigenvalue weighted by molar-refractivity contribution is -0.121. The zero-order chi connectivity index (χ0) is 17.5. The summed E-state index contributed by atoms with van der Waals surface area (Å²) in [6.45, 7) is 6.31. The second kappa shape index (κ2) is 9.14. The Balaban J connectivity index is 1.85. The SMILES string of the molecule is CC[C@H](NC(=O)CCSc1ccc(Cl)cc1)c1ccc(C)c(C)c1. The zero-order valence-electron chi connectivity index (χ0n) is 14.4. The second-order valence-corrected chi connectivity index (χ2v) is 7.53. The van der Waals surface area contributed by atoms with Crippen LogP contribution in [0.5, 0.6) is 0 Å². The number of amides is 1. The van der Waals surface area contributed by atoms with Crippen LogP contribution in [0, 0.1) is 13.8 Å². The molecule has 0 aliphatic carbocycles. The highest BCUT2D eigenvalue weighted by Gasteiger charge is 2.13. The number of benzene rings is 2. The molecular weight excluding hydrogens is 338 g/mol. The molecule has 0 aliphatic rings. The molecule has 0 aliphatic heterocycles. The molecule has 2 aromatic carbocycles.